The molecule has 1 aliphatic heterocycles. The lowest BCUT2D eigenvalue weighted by Gasteiger charge is -2.36. The van der Waals surface area contributed by atoms with E-state index in [4.69, 9.17) is 16.3 Å². The predicted octanol–water partition coefficient (Wildman–Crippen LogP) is 2.08. The molecule has 0 aromatic heterocycles. The molecular formula is C20H25ClN3O2+. The van der Waals surface area contributed by atoms with Crippen LogP contribution in [0.3, 0.4) is 0 Å². The molecule has 1 fully saturated rings. The topological polar surface area (TPSA) is 46.0 Å². The normalized spacial score (nSPS) is 16.2. The Morgan fingerprint density at radius 1 is 1.15 bits per heavy atom. The molecule has 1 atom stereocenters. The van der Waals surface area contributed by atoms with Gasteiger partial charge in [-0.05, 0) is 43.3 Å². The highest BCUT2D eigenvalue weighted by atomic mass is 35.5. The van der Waals surface area contributed by atoms with Crippen LogP contribution >= 0.6 is 11.6 Å². The van der Waals surface area contributed by atoms with Crippen molar-refractivity contribution < 1.29 is 14.4 Å². The zero-order valence-electron chi connectivity index (χ0n) is 15.2. The first kappa shape index (κ1) is 18.5. The number of para-hydroxylation sites is 1. The fraction of sp³-hybridized carbons (Fsp3) is 0.350. The van der Waals surface area contributed by atoms with E-state index in [1.807, 2.05) is 55.5 Å². The second-order valence-corrected chi connectivity index (χ2v) is 6.94. The number of piperazine rings is 1. The van der Waals surface area contributed by atoms with Crippen molar-refractivity contribution in [3.8, 4) is 5.75 Å². The van der Waals surface area contributed by atoms with E-state index in [1.54, 1.807) is 7.11 Å². The monoisotopic (exact) mass is 374 g/mol. The lowest BCUT2D eigenvalue weighted by molar-refractivity contribution is -0.914. The highest BCUT2D eigenvalue weighted by molar-refractivity contribution is 6.33. The van der Waals surface area contributed by atoms with Crippen LogP contribution in [0.1, 0.15) is 6.92 Å². The molecule has 0 saturated carbocycles. The Kier molecular flexibility index (Phi) is 6.01. The zero-order valence-corrected chi connectivity index (χ0v) is 15.9. The molecule has 26 heavy (non-hydrogen) atoms. The average Bonchev–Trinajstić information content (AvgIpc) is 2.68. The lowest BCUT2D eigenvalue weighted by atomic mass is 10.2. The van der Waals surface area contributed by atoms with E-state index in [9.17, 15) is 4.79 Å². The molecule has 2 N–H and O–H groups in total. The summed E-state index contributed by atoms with van der Waals surface area (Å²) in [5.74, 6) is 0.814. The maximum absolute atomic E-state index is 12.6. The highest BCUT2D eigenvalue weighted by Gasteiger charge is 2.29. The molecule has 2 aromatic rings. The van der Waals surface area contributed by atoms with Gasteiger partial charge in [0, 0.05) is 5.69 Å². The van der Waals surface area contributed by atoms with Gasteiger partial charge in [0.15, 0.2) is 6.04 Å². The Hall–Kier alpha value is -2.24. The second kappa shape index (κ2) is 8.43. The van der Waals surface area contributed by atoms with Crippen molar-refractivity contribution in [2.45, 2.75) is 13.0 Å². The third-order valence-corrected chi connectivity index (χ3v) is 5.28. The van der Waals surface area contributed by atoms with Gasteiger partial charge in [-0.25, -0.2) is 0 Å². The molecule has 0 radical (unpaired) electrons. The first-order chi connectivity index (χ1) is 12.6. The quantitative estimate of drug-likeness (QED) is 0.842. The summed E-state index contributed by atoms with van der Waals surface area (Å²) in [6.07, 6.45) is 0. The molecule has 3 rings (SSSR count). The van der Waals surface area contributed by atoms with Crippen molar-refractivity contribution in [1.82, 2.24) is 0 Å². The van der Waals surface area contributed by atoms with E-state index in [-0.39, 0.29) is 11.9 Å². The van der Waals surface area contributed by atoms with Crippen LogP contribution in [0, 0.1) is 0 Å². The van der Waals surface area contributed by atoms with Gasteiger partial charge in [-0.3, -0.25) is 4.79 Å². The van der Waals surface area contributed by atoms with Gasteiger partial charge in [-0.1, -0.05) is 23.7 Å². The number of ether oxygens (including phenoxy) is 1. The number of amides is 1. The molecule has 0 unspecified atom stereocenters. The van der Waals surface area contributed by atoms with E-state index in [0.29, 0.717) is 0 Å². The SMILES string of the molecule is COc1ccc(NC(=O)[C@@H](C)[NH+]2CCN(c3ccccc3Cl)CC2)cc1. The molecule has 138 valence electrons. The number of halogens is 1. The summed E-state index contributed by atoms with van der Waals surface area (Å²) in [4.78, 5) is 16.2. The molecule has 1 aliphatic rings. The Labute approximate surface area is 159 Å². The number of nitrogens with one attached hydrogen (secondary N) is 2. The van der Waals surface area contributed by atoms with E-state index in [1.165, 1.54) is 4.90 Å². The van der Waals surface area contributed by atoms with Gasteiger partial charge in [0.05, 0.1) is 44.0 Å². The van der Waals surface area contributed by atoms with Crippen LogP contribution in [-0.4, -0.2) is 45.2 Å². The van der Waals surface area contributed by atoms with Crippen LogP contribution in [0.15, 0.2) is 48.5 Å². The fourth-order valence-corrected chi connectivity index (χ4v) is 3.54. The number of hydrogen-bond donors (Lipinski definition) is 2. The van der Waals surface area contributed by atoms with Crippen LogP contribution in [0.2, 0.25) is 5.02 Å². The van der Waals surface area contributed by atoms with Gasteiger partial charge in [0.1, 0.15) is 5.75 Å². The Morgan fingerprint density at radius 2 is 1.81 bits per heavy atom. The zero-order chi connectivity index (χ0) is 18.5. The van der Waals surface area contributed by atoms with Gasteiger partial charge in [0.2, 0.25) is 0 Å². The van der Waals surface area contributed by atoms with Crippen LogP contribution in [0.5, 0.6) is 5.75 Å². The minimum absolute atomic E-state index is 0.0383. The summed E-state index contributed by atoms with van der Waals surface area (Å²) in [5.41, 5.74) is 1.86. The van der Waals surface area contributed by atoms with Crippen molar-refractivity contribution >= 4 is 28.9 Å². The molecule has 1 saturated heterocycles. The molecule has 0 aliphatic carbocycles. The van der Waals surface area contributed by atoms with Gasteiger partial charge in [-0.15, -0.1) is 0 Å². The average molecular weight is 375 g/mol. The molecule has 5 nitrogen and oxygen atoms in total. The number of benzene rings is 2. The summed E-state index contributed by atoms with van der Waals surface area (Å²) in [7, 11) is 1.63. The summed E-state index contributed by atoms with van der Waals surface area (Å²) in [5, 5.41) is 3.77. The van der Waals surface area contributed by atoms with Crippen molar-refractivity contribution in [3.05, 3.63) is 53.6 Å². The highest BCUT2D eigenvalue weighted by Crippen LogP contribution is 2.24. The van der Waals surface area contributed by atoms with Crippen molar-refractivity contribution in [1.29, 1.82) is 0 Å². The van der Waals surface area contributed by atoms with Crippen LogP contribution in [0.25, 0.3) is 0 Å². The van der Waals surface area contributed by atoms with Gasteiger partial charge >= 0.3 is 0 Å². The second-order valence-electron chi connectivity index (χ2n) is 6.54. The molecule has 0 bridgehead atoms. The van der Waals surface area contributed by atoms with Crippen LogP contribution < -0.4 is 19.9 Å². The molecular weight excluding hydrogens is 350 g/mol. The number of anilines is 2. The summed E-state index contributed by atoms with van der Waals surface area (Å²) < 4.78 is 5.14. The Morgan fingerprint density at radius 3 is 2.42 bits per heavy atom. The number of nitrogens with zero attached hydrogens (tertiary/aromatic N) is 1. The fourth-order valence-electron chi connectivity index (χ4n) is 3.29. The number of carbonyl (C=O) groups is 1. The van der Waals surface area contributed by atoms with E-state index in [2.05, 4.69) is 10.2 Å². The van der Waals surface area contributed by atoms with Crippen LogP contribution in [-0.2, 0) is 4.79 Å². The smallest absolute Gasteiger partial charge is 0.282 e. The standard InChI is InChI=1S/C20H24ClN3O2/c1-15(20(25)22-16-7-9-17(26-2)10-8-16)23-11-13-24(14-12-23)19-6-4-3-5-18(19)21/h3-10,15H,11-14H2,1-2H3,(H,22,25)/p+1/t15-/m1/s1. The van der Waals surface area contributed by atoms with Crippen LogP contribution in [0.4, 0.5) is 11.4 Å². The first-order valence-corrected chi connectivity index (χ1v) is 9.25. The minimum Gasteiger partial charge on any atom is -0.497 e. The minimum atomic E-state index is -0.106. The summed E-state index contributed by atoms with van der Waals surface area (Å²) in [6.45, 7) is 5.57. The van der Waals surface area contributed by atoms with Crippen molar-refractivity contribution in [2.24, 2.45) is 0 Å². The Balaban J connectivity index is 1.54. The van der Waals surface area contributed by atoms with Gasteiger partial charge in [0.25, 0.3) is 5.91 Å². The summed E-state index contributed by atoms with van der Waals surface area (Å²) >= 11 is 6.30. The van der Waals surface area contributed by atoms with Gasteiger partial charge < -0.3 is 19.9 Å². The van der Waals surface area contributed by atoms with E-state index < -0.39 is 0 Å². The molecule has 1 heterocycles. The number of carbonyl (C=O) groups excluding carboxylic acids is 1. The number of hydrogen-bond acceptors (Lipinski definition) is 3. The maximum atomic E-state index is 12.6. The molecule has 6 heteroatoms. The molecule has 2 aromatic carbocycles. The maximum Gasteiger partial charge on any atom is 0.282 e. The third kappa shape index (κ3) is 4.29. The predicted molar refractivity (Wildman–Crippen MR) is 105 cm³/mol. The van der Waals surface area contributed by atoms with E-state index >= 15 is 0 Å². The molecule has 0 spiro atoms. The number of methoxy groups -OCH3 is 1. The number of quaternary nitrogens is 1. The van der Waals surface area contributed by atoms with E-state index in [0.717, 1.165) is 48.3 Å². The molecule has 1 amide bonds. The number of rotatable bonds is 5. The summed E-state index contributed by atoms with van der Waals surface area (Å²) in [6, 6.07) is 15.2. The van der Waals surface area contributed by atoms with Crippen molar-refractivity contribution in [2.75, 3.05) is 43.5 Å². The lowest BCUT2D eigenvalue weighted by Crippen LogP contribution is -3.19. The third-order valence-electron chi connectivity index (χ3n) is 4.96. The van der Waals surface area contributed by atoms with Gasteiger partial charge in [-0.2, -0.15) is 0 Å². The Bertz CT molecular complexity index is 743. The first-order valence-electron chi connectivity index (χ1n) is 8.87. The van der Waals surface area contributed by atoms with Crippen molar-refractivity contribution in [3.63, 3.8) is 0 Å². The largest absolute Gasteiger partial charge is 0.497 e.